The highest BCUT2D eigenvalue weighted by atomic mass is 35.5. The molecule has 2 aromatic rings. The first-order chi connectivity index (χ1) is 14.4. The fourth-order valence-electron chi connectivity index (χ4n) is 4.41. The van der Waals surface area contributed by atoms with Crippen LogP contribution in [0.25, 0.3) is 0 Å². The summed E-state index contributed by atoms with van der Waals surface area (Å²) in [6.45, 7) is 1.84. The molecular weight excluding hydrogens is 421 g/mol. The summed E-state index contributed by atoms with van der Waals surface area (Å²) in [4.78, 5) is 26.0. The van der Waals surface area contributed by atoms with E-state index in [0.717, 1.165) is 16.8 Å². The van der Waals surface area contributed by atoms with E-state index in [2.05, 4.69) is 5.32 Å². The average Bonchev–Trinajstić information content (AvgIpc) is 2.72. The molecule has 0 unspecified atom stereocenters. The Bertz CT molecular complexity index is 1090. The summed E-state index contributed by atoms with van der Waals surface area (Å²) in [7, 11) is 1.35. The minimum Gasteiger partial charge on any atom is -0.466 e. The monoisotopic (exact) mass is 441 g/mol. The summed E-state index contributed by atoms with van der Waals surface area (Å²) in [5, 5.41) is 4.54. The lowest BCUT2D eigenvalue weighted by Gasteiger charge is -2.36. The number of allylic oxidation sites excluding steroid dienone is 3. The van der Waals surface area contributed by atoms with Crippen molar-refractivity contribution in [1.29, 1.82) is 0 Å². The number of ketones is 1. The Morgan fingerprint density at radius 3 is 2.43 bits per heavy atom. The van der Waals surface area contributed by atoms with Crippen LogP contribution in [0.5, 0.6) is 0 Å². The molecule has 2 atom stereocenters. The average molecular weight is 442 g/mol. The number of carbonyl (C=O) groups excluding carboxylic acids is 2. The standard InChI is InChI=1S/C24H21Cl2NO3/c1-13-21(24(29)30-2)22(15-4-3-5-18(26)10-15)23-19(27-13)11-16(12-20(23)28)14-6-8-17(25)9-7-14/h3-10,16,22,27H,11-12H2,1-2H3/t16-,22+/m1/s1. The molecule has 0 amide bonds. The van der Waals surface area contributed by atoms with Crippen molar-refractivity contribution >= 4 is 35.0 Å². The van der Waals surface area contributed by atoms with Gasteiger partial charge < -0.3 is 10.1 Å². The molecule has 6 heteroatoms. The van der Waals surface area contributed by atoms with Gasteiger partial charge in [0, 0.05) is 39.4 Å². The number of methoxy groups -OCH3 is 1. The first-order valence-corrected chi connectivity index (χ1v) is 10.5. The lowest BCUT2D eigenvalue weighted by molar-refractivity contribution is -0.136. The highest BCUT2D eigenvalue weighted by Crippen LogP contribution is 2.46. The van der Waals surface area contributed by atoms with Crippen LogP contribution in [-0.2, 0) is 14.3 Å². The highest BCUT2D eigenvalue weighted by molar-refractivity contribution is 6.30. The molecule has 1 N–H and O–H groups in total. The molecule has 0 spiro atoms. The SMILES string of the molecule is COC(=O)C1=C(C)NC2=C(C(=O)C[C@H](c3ccc(Cl)cc3)C2)[C@H]1c1cccc(Cl)c1. The predicted octanol–water partition coefficient (Wildman–Crippen LogP) is 5.53. The number of ether oxygens (including phenoxy) is 1. The molecule has 0 radical (unpaired) electrons. The maximum absolute atomic E-state index is 13.4. The molecule has 4 rings (SSSR count). The van der Waals surface area contributed by atoms with Crippen molar-refractivity contribution in [2.75, 3.05) is 7.11 Å². The Kier molecular flexibility index (Phi) is 5.72. The van der Waals surface area contributed by atoms with Gasteiger partial charge in [-0.25, -0.2) is 4.79 Å². The second-order valence-electron chi connectivity index (χ2n) is 7.62. The fraction of sp³-hybridized carbons (Fsp3) is 0.250. The summed E-state index contributed by atoms with van der Waals surface area (Å²) >= 11 is 12.2. The maximum atomic E-state index is 13.4. The van der Waals surface area contributed by atoms with E-state index >= 15 is 0 Å². The molecule has 0 saturated carbocycles. The van der Waals surface area contributed by atoms with Crippen molar-refractivity contribution in [3.05, 3.63) is 92.2 Å². The van der Waals surface area contributed by atoms with Gasteiger partial charge in [-0.1, -0.05) is 47.5 Å². The molecule has 2 aromatic carbocycles. The van der Waals surface area contributed by atoms with Gasteiger partial charge in [0.15, 0.2) is 5.78 Å². The van der Waals surface area contributed by atoms with E-state index in [1.807, 2.05) is 43.3 Å². The van der Waals surface area contributed by atoms with E-state index in [-0.39, 0.29) is 11.7 Å². The van der Waals surface area contributed by atoms with Crippen LogP contribution in [0.1, 0.15) is 42.7 Å². The van der Waals surface area contributed by atoms with E-state index in [1.165, 1.54) is 7.11 Å². The van der Waals surface area contributed by atoms with Crippen molar-refractivity contribution in [3.8, 4) is 0 Å². The van der Waals surface area contributed by atoms with Crippen molar-refractivity contribution < 1.29 is 14.3 Å². The van der Waals surface area contributed by atoms with E-state index in [0.29, 0.717) is 39.7 Å². The molecule has 1 aliphatic carbocycles. The third kappa shape index (κ3) is 3.78. The largest absolute Gasteiger partial charge is 0.466 e. The Balaban J connectivity index is 1.80. The Labute approximate surface area is 185 Å². The van der Waals surface area contributed by atoms with Gasteiger partial charge >= 0.3 is 5.97 Å². The molecule has 1 aliphatic heterocycles. The summed E-state index contributed by atoms with van der Waals surface area (Å²) in [5.41, 5.74) is 4.47. The van der Waals surface area contributed by atoms with Gasteiger partial charge in [-0.2, -0.15) is 0 Å². The molecule has 0 fully saturated rings. The van der Waals surface area contributed by atoms with Crippen molar-refractivity contribution in [2.24, 2.45) is 0 Å². The molecule has 0 bridgehead atoms. The lowest BCUT2D eigenvalue weighted by atomic mass is 9.72. The van der Waals surface area contributed by atoms with Gasteiger partial charge in [0.1, 0.15) is 0 Å². The van der Waals surface area contributed by atoms with Crippen LogP contribution in [-0.4, -0.2) is 18.9 Å². The molecule has 154 valence electrons. The number of hydrogen-bond donors (Lipinski definition) is 1. The number of dihydropyridines is 1. The van der Waals surface area contributed by atoms with Crippen LogP contribution in [0.4, 0.5) is 0 Å². The number of carbonyl (C=O) groups is 2. The van der Waals surface area contributed by atoms with Gasteiger partial charge in [-0.15, -0.1) is 0 Å². The van der Waals surface area contributed by atoms with Crippen LogP contribution < -0.4 is 5.32 Å². The van der Waals surface area contributed by atoms with Gasteiger partial charge in [0.05, 0.1) is 12.7 Å². The molecule has 1 heterocycles. The molecule has 2 aliphatic rings. The number of esters is 1. The maximum Gasteiger partial charge on any atom is 0.336 e. The topological polar surface area (TPSA) is 55.4 Å². The van der Waals surface area contributed by atoms with Crippen LogP contribution >= 0.6 is 23.2 Å². The molecule has 30 heavy (non-hydrogen) atoms. The van der Waals surface area contributed by atoms with Crippen LogP contribution in [0.15, 0.2) is 71.1 Å². The normalized spacial score (nSPS) is 21.3. The number of Topliss-reactive ketones (excluding diaryl/α,β-unsaturated/α-hetero) is 1. The van der Waals surface area contributed by atoms with Gasteiger partial charge in [-0.05, 0) is 54.7 Å². The Morgan fingerprint density at radius 1 is 1.03 bits per heavy atom. The van der Waals surface area contributed by atoms with E-state index in [4.69, 9.17) is 27.9 Å². The molecule has 4 nitrogen and oxygen atoms in total. The van der Waals surface area contributed by atoms with Gasteiger partial charge in [0.25, 0.3) is 0 Å². The third-order valence-electron chi connectivity index (χ3n) is 5.76. The van der Waals surface area contributed by atoms with E-state index in [9.17, 15) is 9.59 Å². The van der Waals surface area contributed by atoms with Crippen molar-refractivity contribution in [3.63, 3.8) is 0 Å². The number of benzene rings is 2. The van der Waals surface area contributed by atoms with Crippen LogP contribution in [0, 0.1) is 0 Å². The van der Waals surface area contributed by atoms with E-state index in [1.54, 1.807) is 12.1 Å². The second-order valence-corrected chi connectivity index (χ2v) is 8.49. The lowest BCUT2D eigenvalue weighted by Crippen LogP contribution is -2.36. The molecule has 0 aromatic heterocycles. The zero-order valence-corrected chi connectivity index (χ0v) is 18.2. The first-order valence-electron chi connectivity index (χ1n) is 9.72. The quantitative estimate of drug-likeness (QED) is 0.636. The minimum atomic E-state index is -0.508. The summed E-state index contributed by atoms with van der Waals surface area (Å²) in [6, 6.07) is 14.9. The first kappa shape index (κ1) is 20.7. The summed E-state index contributed by atoms with van der Waals surface area (Å²) < 4.78 is 5.04. The number of halogens is 2. The summed E-state index contributed by atoms with van der Waals surface area (Å²) in [5.74, 6) is -0.897. The number of rotatable bonds is 3. The minimum absolute atomic E-state index is 0.0163. The highest BCUT2D eigenvalue weighted by Gasteiger charge is 2.41. The zero-order chi connectivity index (χ0) is 21.4. The zero-order valence-electron chi connectivity index (χ0n) is 16.7. The number of hydrogen-bond acceptors (Lipinski definition) is 4. The number of nitrogens with one attached hydrogen (secondary N) is 1. The molecule has 0 saturated heterocycles. The van der Waals surface area contributed by atoms with Crippen LogP contribution in [0.2, 0.25) is 10.0 Å². The van der Waals surface area contributed by atoms with Crippen molar-refractivity contribution in [1.82, 2.24) is 5.32 Å². The second kappa shape index (κ2) is 8.29. The van der Waals surface area contributed by atoms with Crippen LogP contribution in [0.3, 0.4) is 0 Å². The smallest absolute Gasteiger partial charge is 0.336 e. The van der Waals surface area contributed by atoms with Gasteiger partial charge in [-0.3, -0.25) is 4.79 Å². The van der Waals surface area contributed by atoms with Crippen molar-refractivity contribution in [2.45, 2.75) is 31.6 Å². The predicted molar refractivity (Wildman–Crippen MR) is 118 cm³/mol. The fourth-order valence-corrected chi connectivity index (χ4v) is 4.73. The Morgan fingerprint density at radius 2 is 1.77 bits per heavy atom. The summed E-state index contributed by atoms with van der Waals surface area (Å²) in [6.07, 6.45) is 1.04. The van der Waals surface area contributed by atoms with E-state index < -0.39 is 11.9 Å². The Hall–Kier alpha value is -2.56. The molecular formula is C24H21Cl2NO3. The third-order valence-corrected chi connectivity index (χ3v) is 6.24. The van der Waals surface area contributed by atoms with Gasteiger partial charge in [0.2, 0.25) is 0 Å².